The van der Waals surface area contributed by atoms with Crippen molar-refractivity contribution in [2.75, 3.05) is 5.32 Å². The van der Waals surface area contributed by atoms with Gasteiger partial charge in [-0.15, -0.1) is 5.10 Å². The van der Waals surface area contributed by atoms with E-state index in [0.717, 1.165) is 0 Å². The number of non-ortho nitro benzene ring substituents is 1. The van der Waals surface area contributed by atoms with Crippen molar-refractivity contribution in [2.24, 2.45) is 0 Å². The fourth-order valence-corrected chi connectivity index (χ4v) is 3.49. The quantitative estimate of drug-likeness (QED) is 0.0892. The molecule has 2 aromatic carbocycles. The van der Waals surface area contributed by atoms with Gasteiger partial charge in [0.15, 0.2) is 23.1 Å². The maximum Gasteiger partial charge on any atom is 0.288 e. The molecule has 2 heterocycles. The molecule has 2 aromatic heterocycles. The summed E-state index contributed by atoms with van der Waals surface area (Å²) >= 11 is 10.6. The average molecular weight is 479 g/mol. The van der Waals surface area contributed by atoms with E-state index in [1.165, 1.54) is 24.3 Å². The summed E-state index contributed by atoms with van der Waals surface area (Å²) in [6.45, 7) is 0. The number of nitrogens with zero attached hydrogens (tertiary/aromatic N) is 3. The van der Waals surface area contributed by atoms with Gasteiger partial charge in [0.25, 0.3) is 16.2 Å². The smallest absolute Gasteiger partial charge is 0.288 e. The number of aliphatic hydroxyl groups is 1. The SMILES string of the molecule is O=[N+]([O-])c1ccc(/C(O)=C(/C(=S)Nc2cccc(-c3n[nH]c(=S)o3)c2)[n+]2ccccc2)cc1. The van der Waals surface area contributed by atoms with Crippen molar-refractivity contribution in [1.29, 1.82) is 0 Å². The number of aliphatic hydroxyl groups excluding tert-OH is 1. The monoisotopic (exact) mass is 478 g/mol. The average Bonchev–Trinajstić information content (AvgIpc) is 3.26. The van der Waals surface area contributed by atoms with Crippen LogP contribution in [-0.4, -0.2) is 25.2 Å². The van der Waals surface area contributed by atoms with E-state index in [4.69, 9.17) is 28.9 Å². The molecule has 164 valence electrons. The summed E-state index contributed by atoms with van der Waals surface area (Å²) in [6, 6.07) is 18.1. The minimum Gasteiger partial charge on any atom is -0.502 e. The van der Waals surface area contributed by atoms with E-state index in [0.29, 0.717) is 28.4 Å². The first-order valence-corrected chi connectivity index (χ1v) is 10.4. The predicted molar refractivity (Wildman–Crippen MR) is 129 cm³/mol. The number of nitro groups is 1. The molecule has 0 aliphatic carbocycles. The van der Waals surface area contributed by atoms with Crippen LogP contribution in [0.2, 0.25) is 0 Å². The summed E-state index contributed by atoms with van der Waals surface area (Å²) in [5.41, 5.74) is 1.89. The Kier molecular flexibility index (Phi) is 6.33. The lowest BCUT2D eigenvalue weighted by Crippen LogP contribution is -2.38. The van der Waals surface area contributed by atoms with Crippen LogP contribution in [0.3, 0.4) is 0 Å². The fraction of sp³-hybridized carbons (Fsp3) is 0. The third kappa shape index (κ3) is 5.00. The lowest BCUT2D eigenvalue weighted by molar-refractivity contribution is -0.575. The molecule has 0 unspecified atom stereocenters. The fourth-order valence-electron chi connectivity index (χ4n) is 3.05. The molecule has 0 atom stereocenters. The second-order valence-electron chi connectivity index (χ2n) is 6.74. The number of anilines is 1. The molecule has 11 heteroatoms. The number of benzene rings is 2. The number of nitrogens with one attached hydrogen (secondary N) is 2. The maximum absolute atomic E-state index is 11.1. The number of pyridine rings is 1. The van der Waals surface area contributed by atoms with Crippen molar-refractivity contribution in [2.45, 2.75) is 0 Å². The Morgan fingerprint density at radius 3 is 2.48 bits per heavy atom. The second-order valence-corrected chi connectivity index (χ2v) is 7.52. The molecule has 0 aliphatic heterocycles. The standard InChI is InChI=1S/C22H15N5O4S2/c28-19(14-7-9-17(10-8-14)27(29)30)18(26-11-2-1-3-12-26)21(32)23-16-6-4-5-15(13-16)20-24-25-22(33)31-20/h1-13H,(H2-,23,25,28,32,33)/p+1. The highest BCUT2D eigenvalue weighted by Gasteiger charge is 2.24. The second kappa shape index (κ2) is 9.51. The Balaban J connectivity index is 1.71. The Hall–Kier alpha value is -4.22. The van der Waals surface area contributed by atoms with E-state index in [9.17, 15) is 15.2 Å². The molecule has 9 nitrogen and oxygen atoms in total. The molecule has 0 saturated heterocycles. The Labute approximate surface area is 197 Å². The molecular weight excluding hydrogens is 462 g/mol. The largest absolute Gasteiger partial charge is 0.502 e. The zero-order chi connectivity index (χ0) is 23.4. The van der Waals surface area contributed by atoms with Crippen LogP contribution in [0.5, 0.6) is 0 Å². The van der Waals surface area contributed by atoms with Crippen LogP contribution in [0.1, 0.15) is 5.56 Å². The van der Waals surface area contributed by atoms with Crippen molar-refractivity contribution < 1.29 is 19.0 Å². The van der Waals surface area contributed by atoms with E-state index in [2.05, 4.69) is 15.5 Å². The minimum absolute atomic E-state index is 0.0796. The van der Waals surface area contributed by atoms with Gasteiger partial charge in [0.2, 0.25) is 5.89 Å². The van der Waals surface area contributed by atoms with E-state index in [1.807, 2.05) is 6.07 Å². The van der Waals surface area contributed by atoms with Crippen molar-refractivity contribution in [3.63, 3.8) is 0 Å². The van der Waals surface area contributed by atoms with Crippen LogP contribution in [-0.2, 0) is 0 Å². The molecule has 0 bridgehead atoms. The van der Waals surface area contributed by atoms with Crippen LogP contribution in [0.4, 0.5) is 11.4 Å². The van der Waals surface area contributed by atoms with Gasteiger partial charge in [-0.25, -0.2) is 5.10 Å². The van der Waals surface area contributed by atoms with Gasteiger partial charge >= 0.3 is 0 Å². The number of hydrogen-bond acceptors (Lipinski definition) is 7. The molecule has 0 fully saturated rings. The van der Waals surface area contributed by atoms with Gasteiger partial charge in [-0.1, -0.05) is 24.4 Å². The van der Waals surface area contributed by atoms with Crippen molar-refractivity contribution >= 4 is 52.3 Å². The zero-order valence-electron chi connectivity index (χ0n) is 16.8. The molecule has 0 spiro atoms. The summed E-state index contributed by atoms with van der Waals surface area (Å²) in [4.78, 5) is 10.8. The van der Waals surface area contributed by atoms with E-state index in [1.54, 1.807) is 53.4 Å². The van der Waals surface area contributed by atoms with Crippen LogP contribution in [0.25, 0.3) is 22.9 Å². The van der Waals surface area contributed by atoms with Gasteiger partial charge < -0.3 is 14.8 Å². The van der Waals surface area contributed by atoms with E-state index >= 15 is 0 Å². The normalized spacial score (nSPS) is 11.5. The number of thiocarbonyl (C=S) groups is 1. The van der Waals surface area contributed by atoms with E-state index < -0.39 is 4.92 Å². The Morgan fingerprint density at radius 2 is 1.85 bits per heavy atom. The van der Waals surface area contributed by atoms with Crippen LogP contribution < -0.4 is 9.88 Å². The van der Waals surface area contributed by atoms with Crippen LogP contribution in [0, 0.1) is 15.0 Å². The highest BCUT2D eigenvalue weighted by Crippen LogP contribution is 2.24. The number of rotatable bonds is 6. The van der Waals surface area contributed by atoms with Gasteiger partial charge in [-0.3, -0.25) is 10.1 Å². The third-order valence-corrected chi connectivity index (χ3v) is 5.04. The summed E-state index contributed by atoms with van der Waals surface area (Å²) in [5.74, 6) is 0.185. The summed E-state index contributed by atoms with van der Waals surface area (Å²) in [7, 11) is 0. The van der Waals surface area contributed by atoms with Gasteiger partial charge in [-0.2, -0.15) is 4.57 Å². The molecular formula is C22H16N5O4S2+. The highest BCUT2D eigenvalue weighted by molar-refractivity contribution is 7.81. The zero-order valence-corrected chi connectivity index (χ0v) is 18.5. The number of hydrogen-bond donors (Lipinski definition) is 3. The molecule has 4 rings (SSSR count). The molecule has 0 amide bonds. The first-order chi connectivity index (χ1) is 15.9. The Bertz CT molecular complexity index is 1410. The van der Waals surface area contributed by atoms with Gasteiger partial charge in [0, 0.05) is 41.1 Å². The molecule has 0 aliphatic rings. The van der Waals surface area contributed by atoms with Crippen LogP contribution >= 0.6 is 24.4 Å². The molecule has 3 N–H and O–H groups in total. The lowest BCUT2D eigenvalue weighted by Gasteiger charge is -2.10. The summed E-state index contributed by atoms with van der Waals surface area (Å²) < 4.78 is 7.01. The van der Waals surface area contributed by atoms with Crippen LogP contribution in [0.15, 0.2) is 83.5 Å². The number of aromatic amines is 1. The Morgan fingerprint density at radius 1 is 1.12 bits per heavy atom. The maximum atomic E-state index is 11.1. The summed E-state index contributed by atoms with van der Waals surface area (Å²) in [5, 5.41) is 31.7. The first-order valence-electron chi connectivity index (χ1n) is 9.54. The number of H-pyrrole nitrogens is 1. The van der Waals surface area contributed by atoms with Crippen molar-refractivity contribution in [1.82, 2.24) is 10.2 Å². The third-order valence-electron chi connectivity index (χ3n) is 4.57. The molecule has 0 saturated carbocycles. The van der Waals surface area contributed by atoms with Crippen molar-refractivity contribution in [3.8, 4) is 11.5 Å². The first kappa shape index (κ1) is 22.0. The highest BCUT2D eigenvalue weighted by atomic mass is 32.1. The predicted octanol–water partition coefficient (Wildman–Crippen LogP) is 4.92. The lowest BCUT2D eigenvalue weighted by atomic mass is 10.1. The number of aromatic nitrogens is 3. The van der Waals surface area contributed by atoms with Crippen molar-refractivity contribution in [3.05, 3.63) is 99.6 Å². The van der Waals surface area contributed by atoms with E-state index in [-0.39, 0.29) is 21.3 Å². The molecule has 0 radical (unpaired) electrons. The minimum atomic E-state index is -0.503. The van der Waals surface area contributed by atoms with Gasteiger partial charge in [0.05, 0.1) is 4.92 Å². The number of nitro benzene ring substituents is 1. The summed E-state index contributed by atoms with van der Waals surface area (Å²) in [6.07, 6.45) is 3.46. The molecule has 4 aromatic rings. The van der Waals surface area contributed by atoms with Gasteiger partial charge in [0.1, 0.15) is 0 Å². The molecule has 33 heavy (non-hydrogen) atoms. The van der Waals surface area contributed by atoms with Gasteiger partial charge in [-0.05, 0) is 42.5 Å². The topological polar surface area (TPSA) is 121 Å².